The minimum Gasteiger partial charge on any atom is -0.494 e. The first-order valence-electron chi connectivity index (χ1n) is 4.99. The average molecular weight is 266 g/mol. The number of hydrogen-bond donors (Lipinski definition) is 1. The summed E-state index contributed by atoms with van der Waals surface area (Å²) in [5, 5.41) is 0. The Morgan fingerprint density at radius 1 is 1.35 bits per heavy atom. The molecule has 17 heavy (non-hydrogen) atoms. The summed E-state index contributed by atoms with van der Waals surface area (Å²) < 4.78 is 36.7. The molecule has 0 atom stereocenters. The largest absolute Gasteiger partial charge is 0.494 e. The standard InChI is InChI=1S/C11H13F2NO2.ClH/c1-15-8-3-2-7(12)10(9(8)13)16-6-11(14)4-5-11;/h2-3H,4-6,14H2,1H3;1H. The first-order chi connectivity index (χ1) is 7.56. The molecule has 1 fully saturated rings. The molecule has 3 nitrogen and oxygen atoms in total. The van der Waals surface area contributed by atoms with Gasteiger partial charge in [0.1, 0.15) is 6.61 Å². The molecule has 2 rings (SSSR count). The highest BCUT2D eigenvalue weighted by atomic mass is 35.5. The van der Waals surface area contributed by atoms with Crippen LogP contribution in [0.3, 0.4) is 0 Å². The SMILES string of the molecule is COc1ccc(F)c(OCC2(N)CC2)c1F.Cl. The third kappa shape index (κ3) is 2.98. The molecular weight excluding hydrogens is 252 g/mol. The second-order valence-corrected chi connectivity index (χ2v) is 4.04. The number of rotatable bonds is 4. The van der Waals surface area contributed by atoms with Crippen molar-refractivity contribution in [3.8, 4) is 11.5 Å². The third-order valence-electron chi connectivity index (χ3n) is 2.63. The van der Waals surface area contributed by atoms with Gasteiger partial charge in [-0.2, -0.15) is 4.39 Å². The van der Waals surface area contributed by atoms with E-state index in [1.54, 1.807) is 0 Å². The summed E-state index contributed by atoms with van der Waals surface area (Å²) in [6, 6.07) is 2.32. The quantitative estimate of drug-likeness (QED) is 0.908. The van der Waals surface area contributed by atoms with Crippen molar-refractivity contribution in [1.29, 1.82) is 0 Å². The van der Waals surface area contributed by atoms with Crippen LogP contribution in [0.4, 0.5) is 8.78 Å². The Bertz CT molecular complexity index is 411. The molecule has 1 aromatic rings. The van der Waals surface area contributed by atoms with Crippen LogP contribution in [0.1, 0.15) is 12.8 Å². The monoisotopic (exact) mass is 265 g/mol. The molecule has 1 aromatic carbocycles. The predicted octanol–water partition coefficient (Wildman–Crippen LogP) is 2.27. The van der Waals surface area contributed by atoms with E-state index in [4.69, 9.17) is 15.2 Å². The second-order valence-electron chi connectivity index (χ2n) is 4.04. The Labute approximate surface area is 104 Å². The van der Waals surface area contributed by atoms with Crippen molar-refractivity contribution in [2.45, 2.75) is 18.4 Å². The van der Waals surface area contributed by atoms with Crippen molar-refractivity contribution in [1.82, 2.24) is 0 Å². The Kier molecular flexibility index (Phi) is 4.16. The topological polar surface area (TPSA) is 44.5 Å². The van der Waals surface area contributed by atoms with Crippen LogP contribution >= 0.6 is 12.4 Å². The molecule has 0 spiro atoms. The molecule has 96 valence electrons. The van der Waals surface area contributed by atoms with Crippen molar-refractivity contribution < 1.29 is 18.3 Å². The van der Waals surface area contributed by atoms with Gasteiger partial charge in [-0.25, -0.2) is 4.39 Å². The number of hydrogen-bond acceptors (Lipinski definition) is 3. The molecule has 1 saturated carbocycles. The van der Waals surface area contributed by atoms with Crippen LogP contribution in [0.5, 0.6) is 11.5 Å². The maximum absolute atomic E-state index is 13.6. The van der Waals surface area contributed by atoms with Crippen molar-refractivity contribution in [2.24, 2.45) is 5.73 Å². The maximum atomic E-state index is 13.6. The van der Waals surface area contributed by atoms with Crippen molar-refractivity contribution in [3.63, 3.8) is 0 Å². The molecule has 0 saturated heterocycles. The first kappa shape index (κ1) is 14.0. The van der Waals surface area contributed by atoms with Gasteiger partial charge in [-0.05, 0) is 25.0 Å². The lowest BCUT2D eigenvalue weighted by Gasteiger charge is -2.13. The zero-order valence-corrected chi connectivity index (χ0v) is 10.2. The Morgan fingerprint density at radius 3 is 2.53 bits per heavy atom. The smallest absolute Gasteiger partial charge is 0.209 e. The molecule has 6 heteroatoms. The lowest BCUT2D eigenvalue weighted by atomic mass is 10.3. The van der Waals surface area contributed by atoms with Gasteiger partial charge in [-0.3, -0.25) is 0 Å². The lowest BCUT2D eigenvalue weighted by Crippen LogP contribution is -2.30. The Hall–Kier alpha value is -1.07. The zero-order chi connectivity index (χ0) is 11.8. The van der Waals surface area contributed by atoms with E-state index in [9.17, 15) is 8.78 Å². The van der Waals surface area contributed by atoms with Gasteiger partial charge in [0.15, 0.2) is 17.3 Å². The molecule has 0 bridgehead atoms. The summed E-state index contributed by atoms with van der Waals surface area (Å²) in [7, 11) is 1.31. The molecule has 2 N–H and O–H groups in total. The molecule has 1 aliphatic carbocycles. The van der Waals surface area contributed by atoms with Crippen molar-refractivity contribution in [2.75, 3.05) is 13.7 Å². The average Bonchev–Trinajstić information content (AvgIpc) is 2.97. The summed E-state index contributed by atoms with van der Waals surface area (Å²) in [6.07, 6.45) is 1.64. The van der Waals surface area contributed by atoms with Gasteiger partial charge in [-0.15, -0.1) is 12.4 Å². The number of halogens is 3. The number of ether oxygens (including phenoxy) is 2. The van der Waals surface area contributed by atoms with Crippen molar-refractivity contribution in [3.05, 3.63) is 23.8 Å². The Balaban J connectivity index is 0.00000144. The first-order valence-corrected chi connectivity index (χ1v) is 4.99. The van der Waals surface area contributed by atoms with E-state index in [0.717, 1.165) is 18.9 Å². The molecule has 0 heterocycles. The second kappa shape index (κ2) is 5.06. The van der Waals surface area contributed by atoms with Gasteiger partial charge in [0, 0.05) is 0 Å². The number of benzene rings is 1. The summed E-state index contributed by atoms with van der Waals surface area (Å²) in [6.45, 7) is 0.119. The summed E-state index contributed by atoms with van der Waals surface area (Å²) in [5.74, 6) is -2.04. The van der Waals surface area contributed by atoms with Crippen molar-refractivity contribution >= 4 is 12.4 Å². The fourth-order valence-corrected chi connectivity index (χ4v) is 1.33. The highest BCUT2D eigenvalue weighted by molar-refractivity contribution is 5.85. The van der Waals surface area contributed by atoms with Gasteiger partial charge in [0.05, 0.1) is 12.6 Å². The normalized spacial score (nSPS) is 16.0. The van der Waals surface area contributed by atoms with Crippen LogP contribution in [-0.2, 0) is 0 Å². The van der Waals surface area contributed by atoms with Crippen LogP contribution in [-0.4, -0.2) is 19.3 Å². The lowest BCUT2D eigenvalue weighted by molar-refractivity contribution is 0.249. The fourth-order valence-electron chi connectivity index (χ4n) is 1.33. The van der Waals surface area contributed by atoms with Gasteiger partial charge in [0.2, 0.25) is 5.82 Å². The van der Waals surface area contributed by atoms with E-state index in [1.165, 1.54) is 13.2 Å². The van der Waals surface area contributed by atoms with E-state index in [0.29, 0.717) is 0 Å². The Morgan fingerprint density at radius 2 is 2.00 bits per heavy atom. The van der Waals surface area contributed by atoms with E-state index in [-0.39, 0.29) is 24.8 Å². The number of methoxy groups -OCH3 is 1. The van der Waals surface area contributed by atoms with Crippen LogP contribution < -0.4 is 15.2 Å². The van der Waals surface area contributed by atoms with Crippen LogP contribution in [0, 0.1) is 11.6 Å². The fraction of sp³-hybridized carbons (Fsp3) is 0.455. The van der Waals surface area contributed by atoms with E-state index >= 15 is 0 Å². The van der Waals surface area contributed by atoms with E-state index in [1.807, 2.05) is 0 Å². The molecule has 0 amide bonds. The number of nitrogens with two attached hydrogens (primary N) is 1. The van der Waals surface area contributed by atoms with Gasteiger partial charge >= 0.3 is 0 Å². The molecule has 1 aliphatic rings. The molecule has 0 aliphatic heterocycles. The van der Waals surface area contributed by atoms with Gasteiger partial charge < -0.3 is 15.2 Å². The maximum Gasteiger partial charge on any atom is 0.209 e. The highest BCUT2D eigenvalue weighted by Gasteiger charge is 2.39. The predicted molar refractivity (Wildman–Crippen MR) is 61.8 cm³/mol. The van der Waals surface area contributed by atoms with E-state index < -0.39 is 22.9 Å². The minimum atomic E-state index is -0.827. The molecule has 0 unspecified atom stereocenters. The molecule has 0 radical (unpaired) electrons. The summed E-state index contributed by atoms with van der Waals surface area (Å²) in [4.78, 5) is 0. The van der Waals surface area contributed by atoms with Gasteiger partial charge in [0.25, 0.3) is 0 Å². The van der Waals surface area contributed by atoms with Crippen LogP contribution in [0.25, 0.3) is 0 Å². The minimum absolute atomic E-state index is 0. The van der Waals surface area contributed by atoms with Gasteiger partial charge in [-0.1, -0.05) is 0 Å². The third-order valence-corrected chi connectivity index (χ3v) is 2.63. The zero-order valence-electron chi connectivity index (χ0n) is 9.33. The van der Waals surface area contributed by atoms with Crippen LogP contribution in [0.15, 0.2) is 12.1 Å². The summed E-state index contributed by atoms with van der Waals surface area (Å²) >= 11 is 0. The molecular formula is C11H14ClF2NO2. The molecule has 0 aromatic heterocycles. The van der Waals surface area contributed by atoms with Crippen LogP contribution in [0.2, 0.25) is 0 Å². The van der Waals surface area contributed by atoms with E-state index in [2.05, 4.69) is 0 Å². The highest BCUT2D eigenvalue weighted by Crippen LogP contribution is 2.35. The summed E-state index contributed by atoms with van der Waals surface area (Å²) in [5.41, 5.74) is 5.35.